The molecular weight excluding hydrogens is 248 g/mol. The number of hydrogen-bond acceptors (Lipinski definition) is 2. The van der Waals surface area contributed by atoms with Crippen molar-refractivity contribution in [1.29, 1.82) is 0 Å². The summed E-state index contributed by atoms with van der Waals surface area (Å²) in [5.74, 6) is -0.0676. The van der Waals surface area contributed by atoms with E-state index in [1.165, 1.54) is 0 Å². The highest BCUT2D eigenvalue weighted by molar-refractivity contribution is 5.96. The summed E-state index contributed by atoms with van der Waals surface area (Å²) in [5, 5.41) is 3.00. The maximum atomic E-state index is 12.4. The average molecular weight is 268 g/mol. The number of nitrogen functional groups attached to an aromatic ring is 1. The van der Waals surface area contributed by atoms with Crippen LogP contribution in [-0.2, 0) is 0 Å². The molecule has 0 saturated carbocycles. The molecule has 2 aromatic rings. The smallest absolute Gasteiger partial charge is 0.252 e. The molecule has 0 aliphatic rings. The van der Waals surface area contributed by atoms with Gasteiger partial charge in [-0.05, 0) is 49.6 Å². The summed E-state index contributed by atoms with van der Waals surface area (Å²) >= 11 is 0. The molecule has 0 fully saturated rings. The molecule has 1 unspecified atom stereocenters. The van der Waals surface area contributed by atoms with Crippen molar-refractivity contribution in [3.8, 4) is 0 Å². The number of hydrogen-bond donors (Lipinski definition) is 2. The molecule has 1 amide bonds. The van der Waals surface area contributed by atoms with Crippen molar-refractivity contribution in [3.05, 3.63) is 64.7 Å². The Hall–Kier alpha value is -2.29. The number of amides is 1. The zero-order chi connectivity index (χ0) is 14.7. The van der Waals surface area contributed by atoms with E-state index in [0.29, 0.717) is 11.3 Å². The maximum Gasteiger partial charge on any atom is 0.252 e. The first-order chi connectivity index (χ1) is 9.50. The molecular formula is C17H20N2O. The second-order valence-corrected chi connectivity index (χ2v) is 5.07. The molecule has 0 radical (unpaired) electrons. The van der Waals surface area contributed by atoms with Crippen molar-refractivity contribution in [2.24, 2.45) is 0 Å². The molecule has 0 aliphatic heterocycles. The third kappa shape index (κ3) is 2.82. The van der Waals surface area contributed by atoms with Crippen LogP contribution in [0.4, 0.5) is 5.69 Å². The first-order valence-corrected chi connectivity index (χ1v) is 6.72. The van der Waals surface area contributed by atoms with E-state index in [-0.39, 0.29) is 11.9 Å². The van der Waals surface area contributed by atoms with E-state index >= 15 is 0 Å². The highest BCUT2D eigenvalue weighted by Crippen LogP contribution is 2.20. The topological polar surface area (TPSA) is 55.1 Å². The molecule has 3 heteroatoms. The van der Waals surface area contributed by atoms with Gasteiger partial charge in [0.15, 0.2) is 0 Å². The van der Waals surface area contributed by atoms with Gasteiger partial charge in [0.25, 0.3) is 5.91 Å². The van der Waals surface area contributed by atoms with Crippen LogP contribution in [0.3, 0.4) is 0 Å². The van der Waals surface area contributed by atoms with Gasteiger partial charge in [-0.15, -0.1) is 0 Å². The van der Waals surface area contributed by atoms with Gasteiger partial charge < -0.3 is 11.1 Å². The van der Waals surface area contributed by atoms with E-state index in [1.54, 1.807) is 0 Å². The highest BCUT2D eigenvalue weighted by Gasteiger charge is 2.15. The number of carbonyl (C=O) groups excluding carboxylic acids is 1. The fraction of sp³-hybridized carbons (Fsp3) is 0.235. The molecule has 1 atom stereocenters. The molecule has 3 N–H and O–H groups in total. The summed E-state index contributed by atoms with van der Waals surface area (Å²) in [6, 6.07) is 13.2. The van der Waals surface area contributed by atoms with E-state index in [9.17, 15) is 4.79 Å². The average Bonchev–Trinajstić information content (AvgIpc) is 2.42. The number of carbonyl (C=O) groups is 1. The number of anilines is 1. The molecule has 0 aromatic heterocycles. The quantitative estimate of drug-likeness (QED) is 0.838. The second-order valence-electron chi connectivity index (χ2n) is 5.07. The Labute approximate surface area is 119 Å². The summed E-state index contributed by atoms with van der Waals surface area (Å²) in [7, 11) is 0. The third-order valence-electron chi connectivity index (χ3n) is 3.66. The SMILES string of the molecule is Cc1cccc(C(=O)NC(C)c2ccccc2N)c1C. The van der Waals surface area contributed by atoms with Gasteiger partial charge in [0.05, 0.1) is 6.04 Å². The van der Waals surface area contributed by atoms with Gasteiger partial charge in [-0.25, -0.2) is 0 Å². The van der Waals surface area contributed by atoms with Gasteiger partial charge in [0.1, 0.15) is 0 Å². The Morgan fingerprint density at radius 3 is 2.50 bits per heavy atom. The van der Waals surface area contributed by atoms with Gasteiger partial charge >= 0.3 is 0 Å². The van der Waals surface area contributed by atoms with Crippen LogP contribution in [0.2, 0.25) is 0 Å². The van der Waals surface area contributed by atoms with E-state index in [1.807, 2.05) is 63.2 Å². The highest BCUT2D eigenvalue weighted by atomic mass is 16.1. The molecule has 20 heavy (non-hydrogen) atoms. The van der Waals surface area contributed by atoms with E-state index in [2.05, 4.69) is 5.32 Å². The van der Waals surface area contributed by atoms with E-state index in [4.69, 9.17) is 5.73 Å². The monoisotopic (exact) mass is 268 g/mol. The zero-order valence-corrected chi connectivity index (χ0v) is 12.1. The molecule has 0 heterocycles. The summed E-state index contributed by atoms with van der Waals surface area (Å²) in [6.45, 7) is 5.91. The fourth-order valence-corrected chi connectivity index (χ4v) is 2.25. The largest absolute Gasteiger partial charge is 0.398 e. The number of nitrogens with one attached hydrogen (secondary N) is 1. The van der Waals surface area contributed by atoms with Crippen molar-refractivity contribution in [1.82, 2.24) is 5.32 Å². The second kappa shape index (κ2) is 5.78. The lowest BCUT2D eigenvalue weighted by atomic mass is 10.0. The molecule has 104 valence electrons. The minimum Gasteiger partial charge on any atom is -0.398 e. The minimum absolute atomic E-state index is 0.0676. The van der Waals surface area contributed by atoms with Gasteiger partial charge in [0, 0.05) is 11.3 Å². The van der Waals surface area contributed by atoms with E-state index < -0.39 is 0 Å². The summed E-state index contributed by atoms with van der Waals surface area (Å²) in [6.07, 6.45) is 0. The van der Waals surface area contributed by atoms with Crippen molar-refractivity contribution < 1.29 is 4.79 Å². The third-order valence-corrected chi connectivity index (χ3v) is 3.66. The predicted octanol–water partition coefficient (Wildman–Crippen LogP) is 3.38. The number of benzene rings is 2. The van der Waals surface area contributed by atoms with Gasteiger partial charge in [-0.1, -0.05) is 30.3 Å². The van der Waals surface area contributed by atoms with Crippen molar-refractivity contribution in [3.63, 3.8) is 0 Å². The Balaban J connectivity index is 2.20. The van der Waals surface area contributed by atoms with E-state index in [0.717, 1.165) is 16.7 Å². The number of aryl methyl sites for hydroxylation is 1. The summed E-state index contributed by atoms with van der Waals surface area (Å²) in [5.41, 5.74) is 10.4. The molecule has 0 bridgehead atoms. The predicted molar refractivity (Wildman–Crippen MR) is 82.7 cm³/mol. The van der Waals surface area contributed by atoms with Crippen LogP contribution >= 0.6 is 0 Å². The molecule has 0 aliphatic carbocycles. The lowest BCUT2D eigenvalue weighted by Gasteiger charge is -2.17. The van der Waals surface area contributed by atoms with Crippen molar-refractivity contribution >= 4 is 11.6 Å². The normalized spacial score (nSPS) is 11.9. The first kappa shape index (κ1) is 14.1. The van der Waals surface area contributed by atoms with Crippen LogP contribution in [-0.4, -0.2) is 5.91 Å². The number of rotatable bonds is 3. The molecule has 0 spiro atoms. The maximum absolute atomic E-state index is 12.4. The molecule has 0 saturated heterocycles. The number of nitrogens with two attached hydrogens (primary N) is 1. The van der Waals surface area contributed by atoms with Crippen LogP contribution in [0.1, 0.15) is 40.0 Å². The molecule has 3 nitrogen and oxygen atoms in total. The van der Waals surface area contributed by atoms with Gasteiger partial charge in [-0.2, -0.15) is 0 Å². The Morgan fingerprint density at radius 2 is 1.80 bits per heavy atom. The lowest BCUT2D eigenvalue weighted by Crippen LogP contribution is -2.27. The standard InChI is InChI=1S/C17H20N2O/c1-11-7-6-9-14(12(11)2)17(20)19-13(3)15-8-4-5-10-16(15)18/h4-10,13H,18H2,1-3H3,(H,19,20). The molecule has 2 aromatic carbocycles. The van der Waals surface area contributed by atoms with Crippen LogP contribution in [0.15, 0.2) is 42.5 Å². The van der Waals surface area contributed by atoms with Gasteiger partial charge in [-0.3, -0.25) is 4.79 Å². The Morgan fingerprint density at radius 1 is 1.10 bits per heavy atom. The Bertz CT molecular complexity index is 635. The Kier molecular flexibility index (Phi) is 4.08. The fourth-order valence-electron chi connectivity index (χ4n) is 2.25. The number of para-hydroxylation sites is 1. The zero-order valence-electron chi connectivity index (χ0n) is 12.1. The summed E-state index contributed by atoms with van der Waals surface area (Å²) in [4.78, 5) is 12.4. The lowest BCUT2D eigenvalue weighted by molar-refractivity contribution is 0.0939. The van der Waals surface area contributed by atoms with Crippen LogP contribution in [0.25, 0.3) is 0 Å². The van der Waals surface area contributed by atoms with Crippen LogP contribution in [0, 0.1) is 13.8 Å². The van der Waals surface area contributed by atoms with Crippen molar-refractivity contribution in [2.75, 3.05) is 5.73 Å². The molecule has 2 rings (SSSR count). The van der Waals surface area contributed by atoms with Gasteiger partial charge in [0.2, 0.25) is 0 Å². The van der Waals surface area contributed by atoms with Crippen molar-refractivity contribution in [2.45, 2.75) is 26.8 Å². The first-order valence-electron chi connectivity index (χ1n) is 6.72. The minimum atomic E-state index is -0.122. The summed E-state index contributed by atoms with van der Waals surface area (Å²) < 4.78 is 0. The van der Waals surface area contributed by atoms with Crippen LogP contribution in [0.5, 0.6) is 0 Å². The van der Waals surface area contributed by atoms with Crippen LogP contribution < -0.4 is 11.1 Å².